The zero-order chi connectivity index (χ0) is 15.9. The number of hydrogen-bond donors (Lipinski definition) is 2. The summed E-state index contributed by atoms with van der Waals surface area (Å²) in [6.07, 6.45) is 4.98. The van der Waals surface area contributed by atoms with Gasteiger partial charge in [0, 0.05) is 33.6 Å². The van der Waals surface area contributed by atoms with Crippen LogP contribution in [0.15, 0.2) is 33.6 Å². The summed E-state index contributed by atoms with van der Waals surface area (Å²) in [5, 5.41) is 3.06. The molecular weight excluding hydrogens is 364 g/mol. The normalized spacial score (nSPS) is 23.0. The van der Waals surface area contributed by atoms with E-state index in [2.05, 4.69) is 21.2 Å². The molecule has 1 amide bonds. The van der Waals surface area contributed by atoms with E-state index in [0.717, 1.165) is 35.1 Å². The summed E-state index contributed by atoms with van der Waals surface area (Å²) in [5.74, 6) is 0.582. The average Bonchev–Trinajstić information content (AvgIpc) is 2.50. The van der Waals surface area contributed by atoms with Crippen LogP contribution in [-0.2, 0) is 15.6 Å². The molecule has 2 rings (SSSR count). The molecule has 1 aromatic carbocycles. The molecule has 1 fully saturated rings. The van der Waals surface area contributed by atoms with Crippen LogP contribution in [0.1, 0.15) is 38.5 Å². The molecule has 0 bridgehead atoms. The quantitative estimate of drug-likeness (QED) is 0.789. The third-order valence-corrected chi connectivity index (χ3v) is 5.93. The highest BCUT2D eigenvalue weighted by atomic mass is 79.9. The van der Waals surface area contributed by atoms with E-state index in [1.54, 1.807) is 0 Å². The number of amides is 1. The van der Waals surface area contributed by atoms with Gasteiger partial charge in [-0.1, -0.05) is 15.9 Å². The first kappa shape index (κ1) is 17.6. The van der Waals surface area contributed by atoms with E-state index in [-0.39, 0.29) is 11.9 Å². The van der Waals surface area contributed by atoms with Gasteiger partial charge in [0.1, 0.15) is 0 Å². The molecule has 0 aromatic heterocycles. The van der Waals surface area contributed by atoms with Gasteiger partial charge in [0.2, 0.25) is 5.91 Å². The van der Waals surface area contributed by atoms with Gasteiger partial charge < -0.3 is 11.1 Å². The summed E-state index contributed by atoms with van der Waals surface area (Å²) in [4.78, 5) is 12.7. The zero-order valence-corrected chi connectivity index (χ0v) is 15.0. The molecule has 4 nitrogen and oxygen atoms in total. The van der Waals surface area contributed by atoms with Gasteiger partial charge in [0.25, 0.3) is 0 Å². The average molecular weight is 387 g/mol. The molecule has 0 spiro atoms. The van der Waals surface area contributed by atoms with Crippen molar-refractivity contribution in [1.29, 1.82) is 0 Å². The fourth-order valence-electron chi connectivity index (χ4n) is 2.63. The minimum atomic E-state index is -1.04. The van der Waals surface area contributed by atoms with Crippen molar-refractivity contribution in [2.75, 3.05) is 5.75 Å². The van der Waals surface area contributed by atoms with Crippen LogP contribution in [0.3, 0.4) is 0 Å². The molecule has 0 saturated heterocycles. The molecule has 0 radical (unpaired) electrons. The van der Waals surface area contributed by atoms with Crippen LogP contribution in [0.25, 0.3) is 0 Å². The Labute approximate surface area is 142 Å². The van der Waals surface area contributed by atoms with Crippen molar-refractivity contribution in [3.8, 4) is 0 Å². The van der Waals surface area contributed by atoms with E-state index < -0.39 is 10.8 Å². The lowest BCUT2D eigenvalue weighted by molar-refractivity contribution is -0.122. The van der Waals surface area contributed by atoms with Gasteiger partial charge in [-0.05, 0) is 56.4 Å². The zero-order valence-electron chi connectivity index (χ0n) is 12.6. The van der Waals surface area contributed by atoms with Crippen LogP contribution >= 0.6 is 15.9 Å². The molecule has 1 aliphatic carbocycles. The molecule has 122 valence electrons. The molecule has 22 heavy (non-hydrogen) atoms. The maximum absolute atomic E-state index is 12.1. The first-order valence-corrected chi connectivity index (χ1v) is 9.84. The maximum Gasteiger partial charge on any atom is 0.220 e. The molecule has 1 aromatic rings. The van der Waals surface area contributed by atoms with Gasteiger partial charge in [-0.25, -0.2) is 0 Å². The highest BCUT2D eigenvalue weighted by molar-refractivity contribution is 9.10. The van der Waals surface area contributed by atoms with E-state index in [4.69, 9.17) is 5.73 Å². The van der Waals surface area contributed by atoms with E-state index >= 15 is 0 Å². The second-order valence-corrected chi connectivity index (χ2v) is 8.27. The number of benzene rings is 1. The highest BCUT2D eigenvalue weighted by Gasteiger charge is 2.19. The van der Waals surface area contributed by atoms with E-state index in [0.29, 0.717) is 24.6 Å². The molecule has 1 atom stereocenters. The molecule has 1 aliphatic rings. The predicted molar refractivity (Wildman–Crippen MR) is 93.0 cm³/mol. The monoisotopic (exact) mass is 386 g/mol. The number of rotatable bonds is 6. The van der Waals surface area contributed by atoms with Crippen molar-refractivity contribution in [3.05, 3.63) is 28.7 Å². The molecule has 0 aliphatic heterocycles. The lowest BCUT2D eigenvalue weighted by Gasteiger charge is -2.26. The van der Waals surface area contributed by atoms with Crippen LogP contribution < -0.4 is 11.1 Å². The van der Waals surface area contributed by atoms with Gasteiger partial charge in [0.15, 0.2) is 0 Å². The second kappa shape index (κ2) is 8.79. The maximum atomic E-state index is 12.1. The number of halogens is 1. The van der Waals surface area contributed by atoms with E-state index in [9.17, 15) is 9.00 Å². The summed E-state index contributed by atoms with van der Waals surface area (Å²) < 4.78 is 13.1. The third kappa shape index (κ3) is 5.82. The molecule has 1 saturated carbocycles. The van der Waals surface area contributed by atoms with Gasteiger partial charge in [-0.2, -0.15) is 0 Å². The van der Waals surface area contributed by atoms with Crippen molar-refractivity contribution < 1.29 is 9.00 Å². The number of nitrogens with two attached hydrogens (primary N) is 1. The van der Waals surface area contributed by atoms with Crippen LogP contribution in [0, 0.1) is 0 Å². The van der Waals surface area contributed by atoms with Crippen LogP contribution in [0.5, 0.6) is 0 Å². The fraction of sp³-hybridized carbons (Fsp3) is 0.562. The first-order chi connectivity index (χ1) is 10.5. The fourth-order valence-corrected chi connectivity index (χ4v) is 3.98. The topological polar surface area (TPSA) is 72.2 Å². The summed E-state index contributed by atoms with van der Waals surface area (Å²) in [6.45, 7) is 0. The summed E-state index contributed by atoms with van der Waals surface area (Å²) in [5.41, 5.74) is 5.86. The first-order valence-electron chi connectivity index (χ1n) is 7.73. The lowest BCUT2D eigenvalue weighted by Crippen LogP contribution is -2.40. The van der Waals surface area contributed by atoms with Crippen LogP contribution in [0.4, 0.5) is 0 Å². The Kier molecular flexibility index (Phi) is 7.05. The minimum absolute atomic E-state index is 0.0632. The van der Waals surface area contributed by atoms with Gasteiger partial charge >= 0.3 is 0 Å². The van der Waals surface area contributed by atoms with Crippen molar-refractivity contribution in [3.63, 3.8) is 0 Å². The Morgan fingerprint density at radius 1 is 1.23 bits per heavy atom. The summed E-state index contributed by atoms with van der Waals surface area (Å²) >= 11 is 3.36. The molecular formula is C16H23BrN2O2S. The van der Waals surface area contributed by atoms with Gasteiger partial charge in [-0.3, -0.25) is 9.00 Å². The SMILES string of the molecule is NC1CCC(NC(=O)CCCS(=O)c2ccc(Br)cc2)CC1. The Bertz CT molecular complexity index is 513. The van der Waals surface area contributed by atoms with Crippen LogP contribution in [0.2, 0.25) is 0 Å². The smallest absolute Gasteiger partial charge is 0.220 e. The van der Waals surface area contributed by atoms with Crippen molar-refractivity contribution in [2.45, 2.75) is 55.5 Å². The lowest BCUT2D eigenvalue weighted by atomic mass is 9.92. The Hall–Kier alpha value is -0.720. The van der Waals surface area contributed by atoms with E-state index in [1.807, 2.05) is 24.3 Å². The molecule has 3 N–H and O–H groups in total. The molecule has 1 unspecified atom stereocenters. The summed E-state index contributed by atoms with van der Waals surface area (Å²) in [6, 6.07) is 8.03. The number of nitrogens with one attached hydrogen (secondary N) is 1. The molecule has 0 heterocycles. The Morgan fingerprint density at radius 3 is 2.50 bits per heavy atom. The minimum Gasteiger partial charge on any atom is -0.353 e. The van der Waals surface area contributed by atoms with Gasteiger partial charge in [-0.15, -0.1) is 0 Å². The Morgan fingerprint density at radius 2 is 1.86 bits per heavy atom. The number of hydrogen-bond acceptors (Lipinski definition) is 3. The number of carbonyl (C=O) groups excluding carboxylic acids is 1. The largest absolute Gasteiger partial charge is 0.353 e. The van der Waals surface area contributed by atoms with Crippen molar-refractivity contribution >= 4 is 32.6 Å². The highest BCUT2D eigenvalue weighted by Crippen LogP contribution is 2.17. The summed E-state index contributed by atoms with van der Waals surface area (Å²) in [7, 11) is -1.04. The molecule has 6 heteroatoms. The Balaban J connectivity index is 1.66. The predicted octanol–water partition coefficient (Wildman–Crippen LogP) is 2.72. The third-order valence-electron chi connectivity index (χ3n) is 3.95. The van der Waals surface area contributed by atoms with E-state index in [1.165, 1.54) is 0 Å². The van der Waals surface area contributed by atoms with Crippen molar-refractivity contribution in [2.24, 2.45) is 5.73 Å². The number of carbonyl (C=O) groups is 1. The van der Waals surface area contributed by atoms with Crippen LogP contribution in [-0.4, -0.2) is 28.0 Å². The second-order valence-electron chi connectivity index (χ2n) is 5.79. The standard InChI is InChI=1S/C16H23BrN2O2S/c17-12-3-9-15(10-4-12)22(21)11-1-2-16(20)19-14-7-5-13(18)6-8-14/h3-4,9-10,13-14H,1-2,5-8,11,18H2,(H,19,20). The van der Waals surface area contributed by atoms with Crippen molar-refractivity contribution in [1.82, 2.24) is 5.32 Å². The van der Waals surface area contributed by atoms with Gasteiger partial charge in [0.05, 0.1) is 10.8 Å².